The second-order valence-corrected chi connectivity index (χ2v) is 7.24. The molecule has 0 aliphatic carbocycles. The van der Waals surface area contributed by atoms with Crippen LogP contribution in [0.4, 0.5) is 0 Å². The predicted molar refractivity (Wildman–Crippen MR) is 112 cm³/mol. The van der Waals surface area contributed by atoms with Gasteiger partial charge < -0.3 is 4.57 Å². The monoisotopic (exact) mass is 419 g/mol. The van der Waals surface area contributed by atoms with E-state index in [1.165, 1.54) is 6.07 Å². The summed E-state index contributed by atoms with van der Waals surface area (Å²) in [5.41, 5.74) is 6.74. The van der Waals surface area contributed by atoms with Gasteiger partial charge in [0.05, 0.1) is 16.8 Å². The largest absolute Gasteiger partial charge is 0.318 e. The number of nitrogens with one attached hydrogen (secondary N) is 1. The van der Waals surface area contributed by atoms with Crippen molar-refractivity contribution in [2.75, 3.05) is 0 Å². The summed E-state index contributed by atoms with van der Waals surface area (Å²) in [6, 6.07) is 14.3. The summed E-state index contributed by atoms with van der Waals surface area (Å²) in [5.74, 6) is -0.403. The van der Waals surface area contributed by atoms with E-state index in [9.17, 15) is 4.79 Å². The third kappa shape index (κ3) is 4.35. The van der Waals surface area contributed by atoms with Gasteiger partial charge in [0.25, 0.3) is 5.91 Å². The third-order valence-corrected chi connectivity index (χ3v) is 4.90. The highest BCUT2D eigenvalue weighted by atomic mass is 35.5. The van der Waals surface area contributed by atoms with E-state index in [0.717, 1.165) is 22.6 Å². The Balaban J connectivity index is 1.79. The van der Waals surface area contributed by atoms with Gasteiger partial charge in [-0.1, -0.05) is 34.8 Å². The number of hydrogen-bond acceptors (Lipinski definition) is 2. The zero-order valence-electron chi connectivity index (χ0n) is 14.6. The van der Waals surface area contributed by atoms with E-state index in [0.29, 0.717) is 15.6 Å². The van der Waals surface area contributed by atoms with Crippen molar-refractivity contribution in [3.8, 4) is 5.69 Å². The van der Waals surface area contributed by atoms with Crippen LogP contribution in [0.3, 0.4) is 0 Å². The van der Waals surface area contributed by atoms with Crippen LogP contribution in [0.1, 0.15) is 27.3 Å². The maximum Gasteiger partial charge on any atom is 0.272 e. The molecule has 0 saturated carbocycles. The lowest BCUT2D eigenvalue weighted by Crippen LogP contribution is -2.18. The summed E-state index contributed by atoms with van der Waals surface area (Å²) < 4.78 is 2.09. The minimum atomic E-state index is -0.403. The van der Waals surface area contributed by atoms with Crippen molar-refractivity contribution >= 4 is 46.9 Å². The third-order valence-electron chi connectivity index (χ3n) is 4.10. The van der Waals surface area contributed by atoms with Gasteiger partial charge in [-0.05, 0) is 62.4 Å². The molecule has 1 N–H and O–H groups in total. The van der Waals surface area contributed by atoms with Crippen LogP contribution in [0.2, 0.25) is 15.1 Å². The van der Waals surface area contributed by atoms with Crippen molar-refractivity contribution in [2.45, 2.75) is 13.8 Å². The molecule has 27 heavy (non-hydrogen) atoms. The standard InChI is InChI=1S/C20H16Cl3N3O/c1-12-9-14(13(2)26(12)17-6-3-15(21)4-7-17)11-24-25-20(27)18-8-5-16(22)10-19(18)23/h3-11H,1-2H3,(H,25,27)/b24-11-. The highest BCUT2D eigenvalue weighted by Gasteiger charge is 2.11. The molecule has 0 fully saturated rings. The van der Waals surface area contributed by atoms with E-state index in [-0.39, 0.29) is 5.02 Å². The highest BCUT2D eigenvalue weighted by Crippen LogP contribution is 2.22. The number of nitrogens with zero attached hydrogens (tertiary/aromatic N) is 2. The van der Waals surface area contributed by atoms with Gasteiger partial charge in [0.1, 0.15) is 0 Å². The number of carbonyl (C=O) groups excluding carboxylic acids is 1. The van der Waals surface area contributed by atoms with Gasteiger partial charge in [-0.2, -0.15) is 5.10 Å². The van der Waals surface area contributed by atoms with Crippen LogP contribution in [-0.2, 0) is 0 Å². The number of aromatic nitrogens is 1. The molecule has 0 bridgehead atoms. The topological polar surface area (TPSA) is 46.4 Å². The number of amides is 1. The lowest BCUT2D eigenvalue weighted by atomic mass is 10.2. The lowest BCUT2D eigenvalue weighted by molar-refractivity contribution is 0.0955. The summed E-state index contributed by atoms with van der Waals surface area (Å²) in [5, 5.41) is 5.48. The molecule has 2 aromatic carbocycles. The Morgan fingerprint density at radius 1 is 1.00 bits per heavy atom. The van der Waals surface area contributed by atoms with Gasteiger partial charge in [0.2, 0.25) is 0 Å². The number of rotatable bonds is 4. The quantitative estimate of drug-likeness (QED) is 0.419. The van der Waals surface area contributed by atoms with Crippen LogP contribution in [-0.4, -0.2) is 16.7 Å². The molecule has 0 atom stereocenters. The Kier molecular flexibility index (Phi) is 5.90. The fourth-order valence-electron chi connectivity index (χ4n) is 2.80. The highest BCUT2D eigenvalue weighted by molar-refractivity contribution is 6.36. The molecule has 1 heterocycles. The maximum atomic E-state index is 12.2. The number of carbonyl (C=O) groups is 1. The van der Waals surface area contributed by atoms with E-state index in [1.54, 1.807) is 18.3 Å². The van der Waals surface area contributed by atoms with Crippen molar-refractivity contribution in [1.82, 2.24) is 9.99 Å². The van der Waals surface area contributed by atoms with Gasteiger partial charge in [0, 0.05) is 32.7 Å². The molecule has 0 aliphatic rings. The van der Waals surface area contributed by atoms with E-state index in [2.05, 4.69) is 15.1 Å². The summed E-state index contributed by atoms with van der Waals surface area (Å²) in [6.45, 7) is 3.99. The van der Waals surface area contributed by atoms with Crippen LogP contribution in [0, 0.1) is 13.8 Å². The SMILES string of the molecule is Cc1cc(/C=N\NC(=O)c2ccc(Cl)cc2Cl)c(C)n1-c1ccc(Cl)cc1. The first kappa shape index (κ1) is 19.5. The fraction of sp³-hybridized carbons (Fsp3) is 0.100. The molecule has 7 heteroatoms. The molecule has 3 rings (SSSR count). The Morgan fingerprint density at radius 3 is 2.33 bits per heavy atom. The average Bonchev–Trinajstić information content (AvgIpc) is 2.89. The Morgan fingerprint density at radius 2 is 1.67 bits per heavy atom. The number of hydrogen-bond donors (Lipinski definition) is 1. The zero-order chi connectivity index (χ0) is 19.6. The molecule has 3 aromatic rings. The molecule has 0 spiro atoms. The van der Waals surface area contributed by atoms with Crippen molar-refractivity contribution in [1.29, 1.82) is 0 Å². The number of aryl methyl sites for hydroxylation is 1. The first-order valence-corrected chi connectivity index (χ1v) is 9.23. The van der Waals surface area contributed by atoms with Gasteiger partial charge in [0.15, 0.2) is 0 Å². The van der Waals surface area contributed by atoms with Crippen LogP contribution >= 0.6 is 34.8 Å². The second kappa shape index (κ2) is 8.17. The first-order valence-electron chi connectivity index (χ1n) is 8.10. The minimum Gasteiger partial charge on any atom is -0.318 e. The van der Waals surface area contributed by atoms with E-state index in [4.69, 9.17) is 34.8 Å². The van der Waals surface area contributed by atoms with Gasteiger partial charge in [-0.25, -0.2) is 5.43 Å². The normalized spacial score (nSPS) is 11.1. The van der Waals surface area contributed by atoms with Gasteiger partial charge in [-0.3, -0.25) is 4.79 Å². The van der Waals surface area contributed by atoms with Crippen molar-refractivity contribution in [3.05, 3.63) is 86.1 Å². The number of halogens is 3. The molecule has 138 valence electrons. The zero-order valence-corrected chi connectivity index (χ0v) is 16.9. The average molecular weight is 421 g/mol. The summed E-state index contributed by atoms with van der Waals surface area (Å²) >= 11 is 17.8. The van der Waals surface area contributed by atoms with E-state index >= 15 is 0 Å². The molecular weight excluding hydrogens is 405 g/mol. The lowest BCUT2D eigenvalue weighted by Gasteiger charge is -2.09. The second-order valence-electron chi connectivity index (χ2n) is 5.96. The number of hydrazone groups is 1. The molecule has 0 unspecified atom stereocenters. The fourth-order valence-corrected chi connectivity index (χ4v) is 3.42. The Hall–Kier alpha value is -2.27. The van der Waals surface area contributed by atoms with Crippen LogP contribution in [0.15, 0.2) is 53.6 Å². The van der Waals surface area contributed by atoms with Crippen LogP contribution in [0.25, 0.3) is 5.69 Å². The summed E-state index contributed by atoms with van der Waals surface area (Å²) in [6.07, 6.45) is 1.61. The summed E-state index contributed by atoms with van der Waals surface area (Å²) in [4.78, 5) is 12.2. The van der Waals surface area contributed by atoms with Gasteiger partial charge >= 0.3 is 0 Å². The van der Waals surface area contributed by atoms with Crippen LogP contribution in [0.5, 0.6) is 0 Å². The number of benzene rings is 2. The van der Waals surface area contributed by atoms with Crippen molar-refractivity contribution in [2.24, 2.45) is 5.10 Å². The first-order chi connectivity index (χ1) is 12.9. The molecule has 1 amide bonds. The Labute approximate surface area is 172 Å². The maximum absolute atomic E-state index is 12.2. The minimum absolute atomic E-state index is 0.274. The van der Waals surface area contributed by atoms with Crippen molar-refractivity contribution < 1.29 is 4.79 Å². The predicted octanol–water partition coefficient (Wildman–Crippen LogP) is 5.82. The van der Waals surface area contributed by atoms with E-state index in [1.807, 2.05) is 44.2 Å². The molecule has 4 nitrogen and oxygen atoms in total. The smallest absolute Gasteiger partial charge is 0.272 e. The molecular formula is C20H16Cl3N3O. The molecule has 0 saturated heterocycles. The summed E-state index contributed by atoms with van der Waals surface area (Å²) in [7, 11) is 0. The molecule has 0 aliphatic heterocycles. The Bertz CT molecular complexity index is 1020. The van der Waals surface area contributed by atoms with Crippen LogP contribution < -0.4 is 5.43 Å². The molecule has 1 aromatic heterocycles. The van der Waals surface area contributed by atoms with E-state index < -0.39 is 5.91 Å². The van der Waals surface area contributed by atoms with Crippen molar-refractivity contribution in [3.63, 3.8) is 0 Å². The van der Waals surface area contributed by atoms with Gasteiger partial charge in [-0.15, -0.1) is 0 Å². The molecule has 0 radical (unpaired) electrons.